The highest BCUT2D eigenvalue weighted by molar-refractivity contribution is 6.04. The topological polar surface area (TPSA) is 123 Å². The summed E-state index contributed by atoms with van der Waals surface area (Å²) in [6.07, 6.45) is 2.74. The van der Waals surface area contributed by atoms with Gasteiger partial charge in [-0.05, 0) is 24.3 Å². The molecule has 4 rings (SSSR count). The fraction of sp³-hybridized carbons (Fsp3) is 0.333. The number of para-hydroxylation sites is 1. The summed E-state index contributed by atoms with van der Waals surface area (Å²) in [6, 6.07) is 14.9. The summed E-state index contributed by atoms with van der Waals surface area (Å²) in [5, 5.41) is 14.8. The Bertz CT molecular complexity index is 1140. The van der Waals surface area contributed by atoms with Gasteiger partial charge in [-0.25, -0.2) is 4.98 Å². The van der Waals surface area contributed by atoms with Crippen LogP contribution in [-0.4, -0.2) is 63.5 Å². The van der Waals surface area contributed by atoms with E-state index in [1.807, 2.05) is 37.3 Å². The predicted octanol–water partition coefficient (Wildman–Crippen LogP) is 2.86. The first-order chi connectivity index (χ1) is 16.6. The van der Waals surface area contributed by atoms with Gasteiger partial charge >= 0.3 is 0 Å². The fourth-order valence-corrected chi connectivity index (χ4v) is 3.58. The maximum absolute atomic E-state index is 12.4. The monoisotopic (exact) mass is 457 g/mol. The second-order valence-electron chi connectivity index (χ2n) is 7.84. The van der Waals surface area contributed by atoms with Crippen molar-refractivity contribution < 1.29 is 4.79 Å². The number of pyridine rings is 1. The van der Waals surface area contributed by atoms with Crippen molar-refractivity contribution in [3.05, 3.63) is 60.0 Å². The molecular weight excluding hydrogens is 430 g/mol. The quantitative estimate of drug-likeness (QED) is 0.525. The van der Waals surface area contributed by atoms with Crippen LogP contribution in [0, 0.1) is 11.3 Å². The average molecular weight is 458 g/mol. The van der Waals surface area contributed by atoms with Gasteiger partial charge in [-0.3, -0.25) is 9.69 Å². The Labute approximate surface area is 198 Å². The number of hydrogen-bond donors (Lipinski definition) is 2. The van der Waals surface area contributed by atoms with Gasteiger partial charge in [0.2, 0.25) is 11.9 Å². The number of rotatable bonds is 8. The van der Waals surface area contributed by atoms with Crippen molar-refractivity contribution in [2.75, 3.05) is 48.3 Å². The van der Waals surface area contributed by atoms with Crippen LogP contribution in [0.4, 0.5) is 23.4 Å². The number of anilines is 4. The molecule has 3 aromatic rings. The molecule has 0 aliphatic carbocycles. The van der Waals surface area contributed by atoms with E-state index in [0.717, 1.165) is 38.4 Å². The Hall–Kier alpha value is -4.10. The van der Waals surface area contributed by atoms with Crippen molar-refractivity contribution in [1.82, 2.24) is 24.8 Å². The van der Waals surface area contributed by atoms with Gasteiger partial charge < -0.3 is 15.5 Å². The predicted molar refractivity (Wildman–Crippen MR) is 130 cm³/mol. The van der Waals surface area contributed by atoms with Crippen LogP contribution in [0.3, 0.4) is 0 Å². The number of carbonyl (C=O) groups excluding carboxylic acids is 1. The average Bonchev–Trinajstić information content (AvgIpc) is 2.88. The zero-order valence-electron chi connectivity index (χ0n) is 19.1. The minimum atomic E-state index is -0.227. The summed E-state index contributed by atoms with van der Waals surface area (Å²) >= 11 is 0. The number of nitrogens with one attached hydrogen (secondary N) is 2. The molecule has 1 aliphatic rings. The van der Waals surface area contributed by atoms with Crippen LogP contribution >= 0.6 is 0 Å². The largest absolute Gasteiger partial charge is 0.338 e. The van der Waals surface area contributed by atoms with Crippen LogP contribution in [0.2, 0.25) is 0 Å². The molecular formula is C24H27N9O. The summed E-state index contributed by atoms with van der Waals surface area (Å²) < 4.78 is 0. The van der Waals surface area contributed by atoms with E-state index in [9.17, 15) is 4.79 Å². The minimum Gasteiger partial charge on any atom is -0.338 e. The van der Waals surface area contributed by atoms with Gasteiger partial charge in [-0.15, -0.1) is 0 Å². The third kappa shape index (κ3) is 6.02. The van der Waals surface area contributed by atoms with Crippen molar-refractivity contribution >= 4 is 29.3 Å². The van der Waals surface area contributed by atoms with E-state index in [-0.39, 0.29) is 5.91 Å². The number of aryl methyl sites for hydroxylation is 1. The minimum absolute atomic E-state index is 0.227. The standard InChI is InChI=1S/C24H27N9O/c1-2-20-28-23(31-24(30-20)33-15-13-32(14-16-33)12-6-11-25)29-21-10-9-18(17-26-21)22(34)27-19-7-4-3-5-8-19/h3-5,7-10,17H,2,6,12-16H2,1H3,(H,27,34)(H,26,28,29,30,31). The molecule has 0 bridgehead atoms. The number of carbonyl (C=O) groups is 1. The van der Waals surface area contributed by atoms with Gasteiger partial charge in [0.1, 0.15) is 11.6 Å². The Morgan fingerprint density at radius 2 is 1.85 bits per heavy atom. The Morgan fingerprint density at radius 3 is 2.53 bits per heavy atom. The molecule has 1 fully saturated rings. The van der Waals surface area contributed by atoms with Gasteiger partial charge in [0.15, 0.2) is 0 Å². The van der Waals surface area contributed by atoms with E-state index in [1.165, 1.54) is 6.20 Å². The summed E-state index contributed by atoms with van der Waals surface area (Å²) in [7, 11) is 0. The molecule has 174 valence electrons. The first-order valence-corrected chi connectivity index (χ1v) is 11.3. The summed E-state index contributed by atoms with van der Waals surface area (Å²) in [4.78, 5) is 34.9. The van der Waals surface area contributed by atoms with E-state index < -0.39 is 0 Å². The second kappa shape index (κ2) is 11.2. The Balaban J connectivity index is 1.41. The third-order valence-electron chi connectivity index (χ3n) is 5.48. The van der Waals surface area contributed by atoms with Crippen molar-refractivity contribution in [2.24, 2.45) is 0 Å². The van der Waals surface area contributed by atoms with E-state index in [1.54, 1.807) is 12.1 Å². The molecule has 1 aromatic carbocycles. The van der Waals surface area contributed by atoms with Gasteiger partial charge in [0.25, 0.3) is 5.91 Å². The van der Waals surface area contributed by atoms with Crippen LogP contribution in [0.15, 0.2) is 48.7 Å². The van der Waals surface area contributed by atoms with Crippen molar-refractivity contribution in [3.63, 3.8) is 0 Å². The molecule has 0 atom stereocenters. The molecule has 0 radical (unpaired) electrons. The Kier molecular flexibility index (Phi) is 7.57. The number of nitrogens with zero attached hydrogens (tertiary/aromatic N) is 7. The van der Waals surface area contributed by atoms with Crippen molar-refractivity contribution in [1.29, 1.82) is 5.26 Å². The summed E-state index contributed by atoms with van der Waals surface area (Å²) in [6.45, 7) is 6.11. The highest BCUT2D eigenvalue weighted by Crippen LogP contribution is 2.17. The molecule has 0 unspecified atom stereocenters. The van der Waals surface area contributed by atoms with E-state index in [2.05, 4.69) is 46.4 Å². The van der Waals surface area contributed by atoms with Crippen LogP contribution in [0.5, 0.6) is 0 Å². The maximum atomic E-state index is 12.4. The Morgan fingerprint density at radius 1 is 1.06 bits per heavy atom. The van der Waals surface area contributed by atoms with Crippen molar-refractivity contribution in [3.8, 4) is 6.07 Å². The number of amides is 1. The van der Waals surface area contributed by atoms with Crippen molar-refractivity contribution in [2.45, 2.75) is 19.8 Å². The number of nitriles is 1. The summed E-state index contributed by atoms with van der Waals surface area (Å²) in [5.41, 5.74) is 1.18. The van der Waals surface area contributed by atoms with Crippen LogP contribution in [-0.2, 0) is 6.42 Å². The molecule has 2 aromatic heterocycles. The lowest BCUT2D eigenvalue weighted by atomic mass is 10.2. The lowest BCUT2D eigenvalue weighted by Gasteiger charge is -2.34. The number of aromatic nitrogens is 4. The molecule has 1 aliphatic heterocycles. The lowest BCUT2D eigenvalue weighted by molar-refractivity contribution is 0.102. The molecule has 0 spiro atoms. The molecule has 1 saturated heterocycles. The second-order valence-corrected chi connectivity index (χ2v) is 7.84. The molecule has 3 heterocycles. The number of benzene rings is 1. The molecule has 34 heavy (non-hydrogen) atoms. The van der Waals surface area contributed by atoms with E-state index in [4.69, 9.17) is 5.26 Å². The lowest BCUT2D eigenvalue weighted by Crippen LogP contribution is -2.47. The van der Waals surface area contributed by atoms with Gasteiger partial charge in [-0.2, -0.15) is 20.2 Å². The molecule has 10 nitrogen and oxygen atoms in total. The highest BCUT2D eigenvalue weighted by Gasteiger charge is 2.20. The fourth-order valence-electron chi connectivity index (χ4n) is 3.58. The van der Waals surface area contributed by atoms with E-state index in [0.29, 0.717) is 41.9 Å². The van der Waals surface area contributed by atoms with E-state index >= 15 is 0 Å². The number of hydrogen-bond acceptors (Lipinski definition) is 9. The molecule has 1 amide bonds. The molecule has 0 saturated carbocycles. The molecule has 10 heteroatoms. The van der Waals surface area contributed by atoms with Crippen LogP contribution in [0.25, 0.3) is 0 Å². The van der Waals surface area contributed by atoms with Gasteiger partial charge in [0.05, 0.1) is 11.6 Å². The SMILES string of the molecule is CCc1nc(Nc2ccc(C(=O)Nc3ccccc3)cn2)nc(N2CCN(CCC#N)CC2)n1. The number of piperazine rings is 1. The smallest absolute Gasteiger partial charge is 0.257 e. The zero-order valence-corrected chi connectivity index (χ0v) is 19.1. The first-order valence-electron chi connectivity index (χ1n) is 11.3. The van der Waals surface area contributed by atoms with Crippen LogP contribution < -0.4 is 15.5 Å². The summed E-state index contributed by atoms with van der Waals surface area (Å²) in [5.74, 6) is 2.06. The normalized spacial score (nSPS) is 13.8. The van der Waals surface area contributed by atoms with Gasteiger partial charge in [-0.1, -0.05) is 25.1 Å². The van der Waals surface area contributed by atoms with Crippen LogP contribution in [0.1, 0.15) is 29.5 Å². The third-order valence-corrected chi connectivity index (χ3v) is 5.48. The zero-order chi connectivity index (χ0) is 23.8. The molecule has 2 N–H and O–H groups in total. The van der Waals surface area contributed by atoms with Gasteiger partial charge in [0, 0.05) is 57.4 Å². The maximum Gasteiger partial charge on any atom is 0.257 e. The highest BCUT2D eigenvalue weighted by atomic mass is 16.1. The first kappa shape index (κ1) is 23.1.